The molecule has 558 valence electrons. The molecule has 0 radical (unpaired) electrons. The molecule has 0 spiro atoms. The number of nitrogens with zero attached hydrogens (tertiary/aromatic N) is 14. The zero-order chi connectivity index (χ0) is 75.7. The number of rotatable bonds is 23. The van der Waals surface area contributed by atoms with Crippen LogP contribution in [0.3, 0.4) is 0 Å². The molecule has 6 amide bonds. The lowest BCUT2D eigenvalue weighted by Crippen LogP contribution is -2.44. The number of thiazole rings is 3. The minimum atomic E-state index is -0.737. The summed E-state index contributed by atoms with van der Waals surface area (Å²) < 4.78 is 2.40. The number of nitrogens with one attached hydrogen (secondary N) is 6. The third kappa shape index (κ3) is 17.9. The molecule has 3 fully saturated rings. The fraction of sp³-hybridized carbons (Fsp3) is 0.408. The fourth-order valence-corrected chi connectivity index (χ4v) is 15.5. The number of benzene rings is 3. The van der Waals surface area contributed by atoms with Crippen LogP contribution in [0.15, 0.2) is 83.9 Å². The van der Waals surface area contributed by atoms with Crippen molar-refractivity contribution in [1.82, 2.24) is 60.8 Å². The summed E-state index contributed by atoms with van der Waals surface area (Å²) in [7, 11) is 2.95. The number of fused-ring (bicyclic) bond motifs is 3. The van der Waals surface area contributed by atoms with E-state index in [2.05, 4.69) is 87.1 Å². The summed E-state index contributed by atoms with van der Waals surface area (Å²) in [5.74, 6) is -0.473. The van der Waals surface area contributed by atoms with E-state index in [4.69, 9.17) is 9.68 Å². The number of hydrogen-bond donors (Lipinski definition) is 9. The third-order valence-corrected chi connectivity index (χ3v) is 22.4. The Morgan fingerprint density at radius 2 is 0.698 bits per heavy atom. The van der Waals surface area contributed by atoms with Crippen molar-refractivity contribution in [3.63, 3.8) is 0 Å². The monoisotopic (exact) mass is 1500 g/mol. The van der Waals surface area contributed by atoms with E-state index in [1.165, 1.54) is 48.2 Å². The molecule has 106 heavy (non-hydrogen) atoms. The Morgan fingerprint density at radius 3 is 0.934 bits per heavy atom. The van der Waals surface area contributed by atoms with Gasteiger partial charge in [-0.05, 0) is 132 Å². The van der Waals surface area contributed by atoms with E-state index in [0.29, 0.717) is 177 Å². The van der Waals surface area contributed by atoms with E-state index in [1.807, 2.05) is 86.6 Å². The minimum absolute atomic E-state index is 0.315. The van der Waals surface area contributed by atoms with Crippen LogP contribution >= 0.6 is 34.0 Å². The third-order valence-electron chi connectivity index (χ3n) is 19.3. The first-order valence-corrected chi connectivity index (χ1v) is 37.1. The van der Waals surface area contributed by atoms with Crippen LogP contribution in [-0.4, -0.2) is 188 Å². The minimum Gasteiger partial charge on any atom is -0.481 e. The van der Waals surface area contributed by atoms with Crippen molar-refractivity contribution in [3.8, 4) is 33.4 Å². The second-order valence-corrected chi connectivity index (χ2v) is 28.3. The molecule has 6 aromatic heterocycles. The van der Waals surface area contributed by atoms with Crippen LogP contribution < -0.4 is 46.6 Å². The van der Waals surface area contributed by atoms with Crippen molar-refractivity contribution < 1.29 is 58.6 Å². The highest BCUT2D eigenvalue weighted by Crippen LogP contribution is 2.41. The van der Waals surface area contributed by atoms with Gasteiger partial charge in [0.1, 0.15) is 14.2 Å². The fourth-order valence-electron chi connectivity index (χ4n) is 12.7. The maximum Gasteiger partial charge on any atom is 0.321 e. The molecule has 0 saturated carbocycles. The van der Waals surface area contributed by atoms with Gasteiger partial charge in [-0.15, -0.1) is 0 Å². The summed E-state index contributed by atoms with van der Waals surface area (Å²) in [6.07, 6.45) is 19.6. The quantitative estimate of drug-likeness (QED) is 0.0163. The maximum absolute atomic E-state index is 11.9. The van der Waals surface area contributed by atoms with Crippen LogP contribution in [0.5, 0.6) is 0 Å². The molecule has 0 unspecified atom stereocenters. The van der Waals surface area contributed by atoms with Crippen LogP contribution in [0.25, 0.3) is 64.0 Å². The first-order chi connectivity index (χ1) is 51.2. The van der Waals surface area contributed by atoms with E-state index in [9.17, 15) is 48.9 Å². The number of urea groups is 3. The average molecular weight is 1510 g/mol. The van der Waals surface area contributed by atoms with E-state index >= 15 is 0 Å². The first-order valence-electron chi connectivity index (χ1n) is 34.7. The number of piperidine rings is 3. The van der Waals surface area contributed by atoms with Crippen LogP contribution in [0.1, 0.15) is 121 Å². The van der Waals surface area contributed by atoms with Gasteiger partial charge in [0.15, 0.2) is 21.7 Å². The van der Waals surface area contributed by atoms with Crippen molar-refractivity contribution >= 4 is 153 Å². The van der Waals surface area contributed by atoms with Crippen molar-refractivity contribution in [2.24, 2.45) is 26.6 Å². The second kappa shape index (κ2) is 35.1. The van der Waals surface area contributed by atoms with Gasteiger partial charge in [0, 0.05) is 129 Å². The predicted octanol–water partition coefficient (Wildman–Crippen LogP) is 11.7. The zero-order valence-corrected chi connectivity index (χ0v) is 62.3. The summed E-state index contributed by atoms with van der Waals surface area (Å²) in [6.45, 7) is 16.4. The Morgan fingerprint density at radius 1 is 0.434 bits per heavy atom. The summed E-state index contributed by atoms with van der Waals surface area (Å²) >= 11 is 3.93. The zero-order valence-electron chi connectivity index (χ0n) is 59.9. The second-order valence-electron chi connectivity index (χ2n) is 25.3. The number of carboxylic acids is 3. The number of carbonyl (C=O) groups excluding carboxylic acids is 4. The number of oxime groups is 2. The highest BCUT2D eigenvalue weighted by molar-refractivity contribution is 7.23. The summed E-state index contributed by atoms with van der Waals surface area (Å²) in [5.41, 5.74) is 6.80. The van der Waals surface area contributed by atoms with Crippen LogP contribution in [0.2, 0.25) is 0 Å². The Balaban J connectivity index is 0.000000170. The number of aliphatic carboxylic acids is 3. The number of amides is 6. The lowest BCUT2D eigenvalue weighted by molar-refractivity contribution is -0.151. The van der Waals surface area contributed by atoms with Crippen LogP contribution in [0.4, 0.5) is 47.6 Å². The molecular weight excluding hydrogens is 1420 g/mol. The molecule has 35 heteroatoms. The maximum atomic E-state index is 11.9. The first kappa shape index (κ1) is 77.4. The number of aromatic nitrogens is 9. The molecule has 0 bridgehead atoms. The molecule has 9 N–H and O–H groups in total. The highest BCUT2D eigenvalue weighted by atomic mass is 32.1. The van der Waals surface area contributed by atoms with Crippen molar-refractivity contribution in [2.75, 3.05) is 104 Å². The molecule has 3 aliphatic rings. The molecule has 3 saturated heterocycles. The van der Waals surface area contributed by atoms with E-state index in [1.54, 1.807) is 55.7 Å². The van der Waals surface area contributed by atoms with E-state index < -0.39 is 34.2 Å². The molecule has 3 aliphatic heterocycles. The lowest BCUT2D eigenvalue weighted by atomic mass is 9.76. The molecular formula is C71H84N20O12S3. The van der Waals surface area contributed by atoms with Gasteiger partial charge < -0.3 is 55.6 Å². The number of carboxylic acid groups (broad SMARTS) is 3. The molecule has 32 nitrogen and oxygen atoms in total. The molecule has 0 aliphatic carbocycles. The van der Waals surface area contributed by atoms with Crippen molar-refractivity contribution in [1.29, 1.82) is 0 Å². The van der Waals surface area contributed by atoms with Crippen molar-refractivity contribution in [2.45, 2.75) is 99.3 Å². The van der Waals surface area contributed by atoms with Gasteiger partial charge in [-0.3, -0.25) is 35.1 Å². The number of anilines is 6. The standard InChI is InChI=1S/2C24H29N7O4S.C23H26N6O4S/c2*1-4-24(20(32)33)6-8-31(9-7-24)21-26-12-17(13-27-21)15-10-16(14-28-35-3)19-18(11-15)29-23(36-19)30-22(34)25-5-2;1-3-23(19(31)32)5-7-29(8-6-23)20-25-11-16(12-26-20)14-9-15(13-30)18-17(10-14)27-22(34-18)28-21(33)24-4-2/h2*10-14H,4-9H2,1-3H3,(H,32,33)(H2,25,29,30,34);9-13H,3-8H2,1-2H3,(H,31,32)(H2,24,27,28,33)/b28-14+;28-14-;. The Labute approximate surface area is 622 Å². The molecule has 0 atom stereocenters. The smallest absolute Gasteiger partial charge is 0.321 e. The summed E-state index contributed by atoms with van der Waals surface area (Å²) in [4.78, 5) is 139. The average Bonchev–Trinajstić information content (AvgIpc) is 1.55. The van der Waals surface area contributed by atoms with Gasteiger partial charge >= 0.3 is 36.0 Å². The summed E-state index contributed by atoms with van der Waals surface area (Å²) in [5, 5.41) is 54.2. The molecule has 9 heterocycles. The molecule has 9 aromatic rings. The number of carbonyl (C=O) groups is 7. The Kier molecular flexibility index (Phi) is 25.6. The normalized spacial score (nSPS) is 15.2. The van der Waals surface area contributed by atoms with Gasteiger partial charge in [-0.25, -0.2) is 59.2 Å². The summed E-state index contributed by atoms with van der Waals surface area (Å²) in [6, 6.07) is 10.3. The van der Waals surface area contributed by atoms with E-state index in [-0.39, 0.29) is 18.1 Å². The topological polar surface area (TPSA) is 421 Å². The van der Waals surface area contributed by atoms with Gasteiger partial charge in [-0.1, -0.05) is 65.1 Å². The largest absolute Gasteiger partial charge is 0.481 e. The SMILES string of the molecule is CCNC(=O)Nc1nc2cc(-c3cnc(N4CCC(CC)(C(=O)O)CC4)nc3)cc(/C=N/OC)c2s1.CCNC(=O)Nc1nc2cc(-c3cnc(N4CCC(CC)(C(=O)O)CC4)nc3)cc(/C=N\OC)c2s1.CCNC(=O)Nc1nc2cc(-c3cnc(N4CCC(CC)(C(=O)O)CC4)nc3)cc(C=O)c2s1. The Bertz CT molecular complexity index is 4490. The van der Waals surface area contributed by atoms with E-state index in [0.717, 1.165) is 60.2 Å². The van der Waals surface area contributed by atoms with Gasteiger partial charge in [0.2, 0.25) is 17.8 Å². The van der Waals surface area contributed by atoms with Crippen molar-refractivity contribution in [3.05, 3.63) is 90.3 Å². The van der Waals surface area contributed by atoms with Crippen LogP contribution in [-0.2, 0) is 24.1 Å². The highest BCUT2D eigenvalue weighted by Gasteiger charge is 2.43. The van der Waals surface area contributed by atoms with Gasteiger partial charge in [0.25, 0.3) is 0 Å². The van der Waals surface area contributed by atoms with Gasteiger partial charge in [-0.2, -0.15) is 0 Å². The number of hydrogen-bond acceptors (Lipinski definition) is 26. The Hall–Kier alpha value is -11.2. The molecule has 3 aromatic carbocycles. The molecule has 12 rings (SSSR count). The van der Waals surface area contributed by atoms with Crippen LogP contribution in [0, 0.1) is 16.2 Å². The van der Waals surface area contributed by atoms with Gasteiger partial charge in [0.05, 0.1) is 59.3 Å². The predicted molar refractivity (Wildman–Crippen MR) is 410 cm³/mol. The number of aldehydes is 1. The lowest BCUT2D eigenvalue weighted by Gasteiger charge is -2.38.